The molecule has 128 valence electrons. The highest BCUT2D eigenvalue weighted by atomic mass is 16.6. The number of benzene rings is 2. The second kappa shape index (κ2) is 6.60. The Kier molecular flexibility index (Phi) is 4.34. The van der Waals surface area contributed by atoms with Crippen LogP contribution in [-0.2, 0) is 16.1 Å². The van der Waals surface area contributed by atoms with Crippen LogP contribution in [0.2, 0.25) is 0 Å². The minimum Gasteiger partial charge on any atom is -0.460 e. The molecule has 1 heterocycles. The molecule has 1 atom stereocenters. The number of hydrogen-bond acceptors (Lipinski definition) is 6. The van der Waals surface area contributed by atoms with Crippen molar-refractivity contribution in [2.45, 2.75) is 12.5 Å². The minimum atomic E-state index is -0.764. The third-order valence-corrected chi connectivity index (χ3v) is 4.05. The molecule has 8 heteroatoms. The number of fused-ring (bicyclic) bond motifs is 1. The molecule has 1 aliphatic heterocycles. The van der Waals surface area contributed by atoms with Gasteiger partial charge in [0.25, 0.3) is 5.69 Å². The van der Waals surface area contributed by atoms with Crippen molar-refractivity contribution in [1.29, 1.82) is 0 Å². The largest absolute Gasteiger partial charge is 0.460 e. The van der Waals surface area contributed by atoms with Crippen molar-refractivity contribution < 1.29 is 19.2 Å². The molecule has 0 saturated heterocycles. The maximum atomic E-state index is 12.3. The summed E-state index contributed by atoms with van der Waals surface area (Å²) in [6.07, 6.45) is 0. The predicted octanol–water partition coefficient (Wildman–Crippen LogP) is 1.95. The van der Waals surface area contributed by atoms with E-state index in [1.54, 1.807) is 0 Å². The average Bonchev–Trinajstić information content (AvgIpc) is 3.03. The molecule has 0 fully saturated rings. The van der Waals surface area contributed by atoms with Crippen LogP contribution in [0.15, 0.2) is 42.5 Å². The Balaban J connectivity index is 1.75. The summed E-state index contributed by atoms with van der Waals surface area (Å²) in [5.41, 5.74) is 6.75. The van der Waals surface area contributed by atoms with Crippen LogP contribution in [0.3, 0.4) is 0 Å². The molecule has 3 rings (SSSR count). The number of rotatable bonds is 5. The van der Waals surface area contributed by atoms with Crippen molar-refractivity contribution in [2.24, 2.45) is 5.73 Å². The van der Waals surface area contributed by atoms with Gasteiger partial charge in [0, 0.05) is 23.9 Å². The molecule has 1 amide bonds. The number of amides is 1. The Labute approximate surface area is 142 Å². The van der Waals surface area contributed by atoms with Gasteiger partial charge in [-0.25, -0.2) is 0 Å². The number of anilines is 1. The van der Waals surface area contributed by atoms with E-state index < -0.39 is 22.7 Å². The van der Waals surface area contributed by atoms with Gasteiger partial charge in [-0.1, -0.05) is 18.2 Å². The molecule has 0 saturated carbocycles. The van der Waals surface area contributed by atoms with Gasteiger partial charge in [0.05, 0.1) is 10.5 Å². The zero-order valence-corrected chi connectivity index (χ0v) is 13.1. The van der Waals surface area contributed by atoms with Crippen molar-refractivity contribution in [2.75, 3.05) is 11.9 Å². The number of nitro groups is 1. The van der Waals surface area contributed by atoms with Crippen molar-refractivity contribution >= 4 is 23.3 Å². The summed E-state index contributed by atoms with van der Waals surface area (Å²) in [6.45, 7) is 0.160. The lowest BCUT2D eigenvalue weighted by Gasteiger charge is -2.11. The fourth-order valence-electron chi connectivity index (χ4n) is 2.75. The van der Waals surface area contributed by atoms with E-state index >= 15 is 0 Å². The lowest BCUT2D eigenvalue weighted by molar-refractivity contribution is -0.385. The van der Waals surface area contributed by atoms with Crippen LogP contribution in [0.5, 0.6) is 0 Å². The number of esters is 1. The number of nitro benzene ring substituents is 1. The Morgan fingerprint density at radius 2 is 2.04 bits per heavy atom. The normalized spacial score (nSPS) is 15.1. The number of para-hydroxylation sites is 1. The number of nitrogens with zero attached hydrogens (tertiary/aromatic N) is 1. The van der Waals surface area contributed by atoms with Crippen molar-refractivity contribution in [3.8, 4) is 0 Å². The van der Waals surface area contributed by atoms with Crippen LogP contribution in [0.25, 0.3) is 0 Å². The number of carbonyl (C=O) groups excluding carboxylic acids is 2. The summed E-state index contributed by atoms with van der Waals surface area (Å²) in [6, 6.07) is 11.2. The molecule has 0 radical (unpaired) electrons. The van der Waals surface area contributed by atoms with Gasteiger partial charge < -0.3 is 15.8 Å². The molecule has 0 aliphatic carbocycles. The van der Waals surface area contributed by atoms with Gasteiger partial charge in [-0.15, -0.1) is 0 Å². The van der Waals surface area contributed by atoms with E-state index in [0.717, 1.165) is 17.3 Å². The van der Waals surface area contributed by atoms with Crippen LogP contribution >= 0.6 is 0 Å². The molecule has 0 spiro atoms. The summed E-state index contributed by atoms with van der Waals surface area (Å²) >= 11 is 0. The second-order valence-electron chi connectivity index (χ2n) is 5.59. The van der Waals surface area contributed by atoms with E-state index in [2.05, 4.69) is 5.32 Å². The fourth-order valence-corrected chi connectivity index (χ4v) is 2.75. The lowest BCUT2D eigenvalue weighted by atomic mass is 10.0. The summed E-state index contributed by atoms with van der Waals surface area (Å²) < 4.78 is 5.26. The first kappa shape index (κ1) is 16.4. The molecule has 1 aliphatic rings. The topological polar surface area (TPSA) is 125 Å². The van der Waals surface area contributed by atoms with Crippen LogP contribution in [0, 0.1) is 10.1 Å². The number of nitrogens with one attached hydrogen (secondary N) is 1. The Morgan fingerprint density at radius 3 is 2.76 bits per heavy atom. The Hall–Kier alpha value is -3.42. The monoisotopic (exact) mass is 341 g/mol. The standard InChI is InChI=1S/C17H15N3O5/c18-16(21)10-5-6-11(15(7-10)20(23)24)9-25-17(22)13-8-19-14-4-2-1-3-12(13)14/h1-7,13,19H,8-9H2,(H2,18,21)/t13-/m0/s1. The van der Waals surface area contributed by atoms with Gasteiger partial charge in [0.2, 0.25) is 5.91 Å². The third-order valence-electron chi connectivity index (χ3n) is 4.05. The number of carbonyl (C=O) groups is 2. The number of primary amides is 1. The molecule has 3 N–H and O–H groups in total. The van der Waals surface area contributed by atoms with E-state index in [-0.39, 0.29) is 23.4 Å². The molecule has 2 aromatic carbocycles. The van der Waals surface area contributed by atoms with Crippen molar-refractivity contribution in [1.82, 2.24) is 0 Å². The Morgan fingerprint density at radius 1 is 1.28 bits per heavy atom. The maximum absolute atomic E-state index is 12.3. The van der Waals surface area contributed by atoms with Gasteiger partial charge in [0.1, 0.15) is 12.5 Å². The number of ether oxygens (including phenoxy) is 1. The molecule has 0 unspecified atom stereocenters. The first-order valence-electron chi connectivity index (χ1n) is 7.54. The highest BCUT2D eigenvalue weighted by Gasteiger charge is 2.30. The van der Waals surface area contributed by atoms with Gasteiger partial charge in [-0.3, -0.25) is 19.7 Å². The summed E-state index contributed by atoms with van der Waals surface area (Å²) in [4.78, 5) is 34.0. The van der Waals surface area contributed by atoms with Crippen molar-refractivity contribution in [3.63, 3.8) is 0 Å². The minimum absolute atomic E-state index is 0.0238. The fraction of sp³-hybridized carbons (Fsp3) is 0.176. The van der Waals surface area contributed by atoms with Crippen LogP contribution in [0.4, 0.5) is 11.4 Å². The first-order chi connectivity index (χ1) is 12.0. The summed E-state index contributed by atoms with van der Waals surface area (Å²) in [5, 5.41) is 14.3. The van der Waals surface area contributed by atoms with Crippen LogP contribution < -0.4 is 11.1 Å². The second-order valence-corrected chi connectivity index (χ2v) is 5.59. The van der Waals surface area contributed by atoms with Crippen LogP contribution in [0.1, 0.15) is 27.4 Å². The van der Waals surface area contributed by atoms with Gasteiger partial charge >= 0.3 is 5.97 Å². The molecule has 2 aromatic rings. The highest BCUT2D eigenvalue weighted by molar-refractivity contribution is 5.93. The first-order valence-corrected chi connectivity index (χ1v) is 7.54. The van der Waals surface area contributed by atoms with E-state index in [1.807, 2.05) is 24.3 Å². The smallest absolute Gasteiger partial charge is 0.315 e. The number of hydrogen-bond donors (Lipinski definition) is 2. The highest BCUT2D eigenvalue weighted by Crippen LogP contribution is 2.32. The Bertz CT molecular complexity index is 865. The molecular weight excluding hydrogens is 326 g/mol. The maximum Gasteiger partial charge on any atom is 0.315 e. The van der Waals surface area contributed by atoms with Crippen molar-refractivity contribution in [3.05, 3.63) is 69.3 Å². The molecular formula is C17H15N3O5. The summed E-state index contributed by atoms with van der Waals surface area (Å²) in [7, 11) is 0. The number of nitrogens with two attached hydrogens (primary N) is 1. The SMILES string of the molecule is NC(=O)c1ccc(COC(=O)[C@H]2CNc3ccccc32)c([N+](=O)[O-])c1. The van der Waals surface area contributed by atoms with E-state index in [0.29, 0.717) is 6.54 Å². The third kappa shape index (κ3) is 3.27. The average molecular weight is 341 g/mol. The van der Waals surface area contributed by atoms with Crippen LogP contribution in [-0.4, -0.2) is 23.3 Å². The molecule has 25 heavy (non-hydrogen) atoms. The zero-order valence-electron chi connectivity index (χ0n) is 13.1. The molecule has 0 bridgehead atoms. The zero-order chi connectivity index (χ0) is 18.0. The molecule has 0 aromatic heterocycles. The van der Waals surface area contributed by atoms with E-state index in [4.69, 9.17) is 10.5 Å². The van der Waals surface area contributed by atoms with E-state index in [9.17, 15) is 19.7 Å². The summed E-state index contributed by atoms with van der Waals surface area (Å²) in [5.74, 6) is -1.69. The van der Waals surface area contributed by atoms with Gasteiger partial charge in [-0.2, -0.15) is 0 Å². The van der Waals surface area contributed by atoms with E-state index in [1.165, 1.54) is 12.1 Å². The lowest BCUT2D eigenvalue weighted by Crippen LogP contribution is -2.18. The quantitative estimate of drug-likeness (QED) is 0.486. The van der Waals surface area contributed by atoms with Gasteiger partial charge in [0.15, 0.2) is 0 Å². The predicted molar refractivity (Wildman–Crippen MR) is 89.1 cm³/mol. The van der Waals surface area contributed by atoms with Gasteiger partial charge in [-0.05, 0) is 23.8 Å². The molecule has 8 nitrogen and oxygen atoms in total.